The van der Waals surface area contributed by atoms with E-state index in [-0.39, 0.29) is 5.60 Å². The molecule has 0 saturated heterocycles. The van der Waals surface area contributed by atoms with Crippen LogP contribution in [0.4, 0.5) is 0 Å². The Hall–Kier alpha value is -1.38. The molecule has 0 aliphatic carbocycles. The first-order valence-electron chi connectivity index (χ1n) is 7.82. The van der Waals surface area contributed by atoms with Crippen LogP contribution in [0.1, 0.15) is 39.7 Å². The fraction of sp³-hybridized carbons (Fsp3) is 0.368. The number of benzene rings is 2. The Kier molecular flexibility index (Phi) is 5.37. The molecule has 0 fully saturated rings. The zero-order valence-electron chi connectivity index (χ0n) is 13.6. The third-order valence-corrected chi connectivity index (χ3v) is 6.49. The van der Waals surface area contributed by atoms with Crippen molar-refractivity contribution in [3.8, 4) is 0 Å². The van der Waals surface area contributed by atoms with Crippen molar-refractivity contribution in [2.45, 2.75) is 46.1 Å². The van der Waals surface area contributed by atoms with E-state index in [1.807, 2.05) is 0 Å². The van der Waals surface area contributed by atoms with Gasteiger partial charge in [0.15, 0.2) is 0 Å². The van der Waals surface area contributed by atoms with E-state index in [0.29, 0.717) is 0 Å². The number of hydrogen-bond donors (Lipinski definition) is 0. The van der Waals surface area contributed by atoms with Crippen LogP contribution >= 0.6 is 0 Å². The summed E-state index contributed by atoms with van der Waals surface area (Å²) in [7, 11) is -1.65. The zero-order chi connectivity index (χ0) is 15.3. The Morgan fingerprint density at radius 2 is 1.52 bits per heavy atom. The largest absolute Gasteiger partial charge is 0.406 e. The zero-order valence-corrected chi connectivity index (χ0v) is 14.8. The Labute approximate surface area is 130 Å². The fourth-order valence-electron chi connectivity index (χ4n) is 2.58. The molecule has 2 aromatic rings. The molecule has 2 aromatic carbocycles. The predicted octanol–water partition coefficient (Wildman–Crippen LogP) is 3.29. The highest BCUT2D eigenvalue weighted by molar-refractivity contribution is 6.80. The Morgan fingerprint density at radius 3 is 2.14 bits per heavy atom. The molecule has 0 aliphatic rings. The SMILES string of the molecule is CCCc1ccccc1[SiH](OC(C)(C)C)c1ccccc1. The molecule has 1 unspecified atom stereocenters. The first kappa shape index (κ1) is 16.0. The van der Waals surface area contributed by atoms with Gasteiger partial charge in [0.2, 0.25) is 9.04 Å². The summed E-state index contributed by atoms with van der Waals surface area (Å²) in [6, 6.07) is 19.5. The van der Waals surface area contributed by atoms with Gasteiger partial charge in [0.1, 0.15) is 0 Å². The topological polar surface area (TPSA) is 9.23 Å². The van der Waals surface area contributed by atoms with E-state index in [0.717, 1.165) is 6.42 Å². The lowest BCUT2D eigenvalue weighted by Crippen LogP contribution is -2.50. The Morgan fingerprint density at radius 1 is 0.905 bits per heavy atom. The van der Waals surface area contributed by atoms with Crippen molar-refractivity contribution in [2.24, 2.45) is 0 Å². The van der Waals surface area contributed by atoms with Crippen LogP contribution in [0.5, 0.6) is 0 Å². The molecule has 2 heteroatoms. The highest BCUT2D eigenvalue weighted by Gasteiger charge is 2.25. The van der Waals surface area contributed by atoms with E-state index in [1.165, 1.54) is 22.4 Å². The molecule has 0 aliphatic heterocycles. The van der Waals surface area contributed by atoms with Crippen LogP contribution in [0.3, 0.4) is 0 Å². The van der Waals surface area contributed by atoms with Crippen molar-refractivity contribution in [2.75, 3.05) is 0 Å². The van der Waals surface area contributed by atoms with E-state index >= 15 is 0 Å². The molecular weight excluding hydrogens is 272 g/mol. The van der Waals surface area contributed by atoms with Crippen LogP contribution in [0.25, 0.3) is 0 Å². The lowest BCUT2D eigenvalue weighted by atomic mass is 10.1. The molecule has 0 aromatic heterocycles. The molecule has 0 heterocycles. The van der Waals surface area contributed by atoms with Gasteiger partial charge in [-0.15, -0.1) is 0 Å². The second-order valence-electron chi connectivity index (χ2n) is 6.47. The molecular formula is C19H26OSi. The predicted molar refractivity (Wildman–Crippen MR) is 94.1 cm³/mol. The first-order valence-corrected chi connectivity index (χ1v) is 9.44. The average Bonchev–Trinajstić information content (AvgIpc) is 2.46. The normalized spacial score (nSPS) is 13.1. The molecule has 0 saturated carbocycles. The molecule has 1 atom stereocenters. The Balaban J connectivity index is 2.45. The number of hydrogen-bond acceptors (Lipinski definition) is 1. The summed E-state index contributed by atoms with van der Waals surface area (Å²) in [5, 5.41) is 2.79. The molecule has 0 radical (unpaired) electrons. The summed E-state index contributed by atoms with van der Waals surface area (Å²) in [6.07, 6.45) is 2.29. The van der Waals surface area contributed by atoms with Crippen LogP contribution in [0.2, 0.25) is 0 Å². The summed E-state index contributed by atoms with van der Waals surface area (Å²) in [6.45, 7) is 8.69. The summed E-state index contributed by atoms with van der Waals surface area (Å²) >= 11 is 0. The maximum absolute atomic E-state index is 6.54. The van der Waals surface area contributed by atoms with Gasteiger partial charge in [-0.2, -0.15) is 0 Å². The van der Waals surface area contributed by atoms with Gasteiger partial charge in [0.05, 0.1) is 0 Å². The van der Waals surface area contributed by atoms with Crippen LogP contribution in [-0.2, 0) is 10.8 Å². The van der Waals surface area contributed by atoms with Crippen molar-refractivity contribution >= 4 is 19.4 Å². The maximum atomic E-state index is 6.54. The van der Waals surface area contributed by atoms with Crippen LogP contribution in [0, 0.1) is 0 Å². The highest BCUT2D eigenvalue weighted by Crippen LogP contribution is 2.12. The molecule has 0 bridgehead atoms. The summed E-state index contributed by atoms with van der Waals surface area (Å²) in [5.41, 5.74) is 1.33. The lowest BCUT2D eigenvalue weighted by Gasteiger charge is -2.29. The van der Waals surface area contributed by atoms with Gasteiger partial charge in [-0.05, 0) is 43.1 Å². The lowest BCUT2D eigenvalue weighted by molar-refractivity contribution is 0.136. The van der Waals surface area contributed by atoms with Crippen molar-refractivity contribution in [1.29, 1.82) is 0 Å². The van der Waals surface area contributed by atoms with E-state index in [4.69, 9.17) is 4.43 Å². The molecule has 0 spiro atoms. The summed E-state index contributed by atoms with van der Waals surface area (Å²) in [5.74, 6) is 0. The van der Waals surface area contributed by atoms with Gasteiger partial charge in [0.25, 0.3) is 0 Å². The Bertz CT molecular complexity index is 557. The third-order valence-electron chi connectivity index (χ3n) is 3.43. The van der Waals surface area contributed by atoms with Gasteiger partial charge in [-0.1, -0.05) is 67.9 Å². The van der Waals surface area contributed by atoms with E-state index in [1.54, 1.807) is 0 Å². The first-order chi connectivity index (χ1) is 10.0. The van der Waals surface area contributed by atoms with Gasteiger partial charge in [-0.3, -0.25) is 0 Å². The highest BCUT2D eigenvalue weighted by atomic mass is 28.3. The van der Waals surface area contributed by atoms with Crippen molar-refractivity contribution in [1.82, 2.24) is 0 Å². The molecule has 0 N–H and O–H groups in total. The minimum absolute atomic E-state index is 0.119. The molecule has 21 heavy (non-hydrogen) atoms. The average molecular weight is 299 g/mol. The molecule has 1 nitrogen and oxygen atoms in total. The molecule has 0 amide bonds. The minimum atomic E-state index is -1.65. The molecule has 2 rings (SSSR count). The standard InChI is InChI=1S/C19H26OSi/c1-5-11-16-12-9-10-15-18(16)21(20-19(2,3)4)17-13-7-6-8-14-17/h6-10,12-15,21H,5,11H2,1-4H3. The van der Waals surface area contributed by atoms with Gasteiger partial charge in [-0.25, -0.2) is 0 Å². The van der Waals surface area contributed by atoms with Crippen LogP contribution < -0.4 is 10.4 Å². The van der Waals surface area contributed by atoms with Crippen LogP contribution in [0.15, 0.2) is 54.6 Å². The quantitative estimate of drug-likeness (QED) is 0.770. The monoisotopic (exact) mass is 298 g/mol. The van der Waals surface area contributed by atoms with Gasteiger partial charge < -0.3 is 4.43 Å². The minimum Gasteiger partial charge on any atom is -0.406 e. The molecule has 112 valence electrons. The smallest absolute Gasteiger partial charge is 0.240 e. The van der Waals surface area contributed by atoms with E-state index in [9.17, 15) is 0 Å². The van der Waals surface area contributed by atoms with Crippen molar-refractivity contribution in [3.63, 3.8) is 0 Å². The summed E-state index contributed by atoms with van der Waals surface area (Å²) in [4.78, 5) is 0. The van der Waals surface area contributed by atoms with Gasteiger partial charge in [0, 0.05) is 5.60 Å². The van der Waals surface area contributed by atoms with E-state index in [2.05, 4.69) is 82.3 Å². The second-order valence-corrected chi connectivity index (χ2v) is 8.75. The van der Waals surface area contributed by atoms with Crippen molar-refractivity contribution < 1.29 is 4.43 Å². The van der Waals surface area contributed by atoms with E-state index < -0.39 is 9.04 Å². The summed E-state index contributed by atoms with van der Waals surface area (Å²) < 4.78 is 6.54. The number of aryl methyl sites for hydroxylation is 1. The second kappa shape index (κ2) is 7.06. The number of rotatable bonds is 5. The van der Waals surface area contributed by atoms with Crippen molar-refractivity contribution in [3.05, 3.63) is 60.2 Å². The maximum Gasteiger partial charge on any atom is 0.240 e. The third kappa shape index (κ3) is 4.55. The van der Waals surface area contributed by atoms with Crippen LogP contribution in [-0.4, -0.2) is 14.6 Å². The van der Waals surface area contributed by atoms with Gasteiger partial charge >= 0.3 is 0 Å². The fourth-order valence-corrected chi connectivity index (χ4v) is 5.34.